The lowest BCUT2D eigenvalue weighted by molar-refractivity contribution is 0.861. The van der Waals surface area contributed by atoms with Crippen molar-refractivity contribution in [2.45, 2.75) is 20.8 Å². The highest BCUT2D eigenvalue weighted by molar-refractivity contribution is 5.95. The summed E-state index contributed by atoms with van der Waals surface area (Å²) in [5.74, 6) is 0. The first kappa shape index (κ1) is 13.8. The molecule has 6 nitrogen and oxygen atoms in total. The van der Waals surface area contributed by atoms with E-state index in [4.69, 9.17) is 0 Å². The van der Waals surface area contributed by atoms with Crippen LogP contribution in [0.2, 0.25) is 0 Å². The van der Waals surface area contributed by atoms with Gasteiger partial charge in [-0.2, -0.15) is 5.10 Å². The van der Waals surface area contributed by atoms with Crippen molar-refractivity contribution in [3.05, 3.63) is 52.0 Å². The van der Waals surface area contributed by atoms with Crippen molar-refractivity contribution in [2.24, 2.45) is 7.05 Å². The zero-order valence-corrected chi connectivity index (χ0v) is 13.5. The van der Waals surface area contributed by atoms with Crippen LogP contribution in [-0.4, -0.2) is 24.1 Å². The van der Waals surface area contributed by atoms with Crippen LogP contribution in [0.15, 0.2) is 29.3 Å². The van der Waals surface area contributed by atoms with Gasteiger partial charge in [0.05, 0.1) is 11.4 Å². The van der Waals surface area contributed by atoms with Crippen molar-refractivity contribution < 1.29 is 0 Å². The summed E-state index contributed by atoms with van der Waals surface area (Å²) < 4.78 is 3.47. The number of aryl methyl sites for hydroxylation is 4. The number of nitrogens with zero attached hydrogens (tertiary/aromatic N) is 4. The molecule has 4 heterocycles. The number of nitrogens with one attached hydrogen (secondary N) is 1. The Morgan fingerprint density at radius 1 is 1.22 bits per heavy atom. The molecule has 0 spiro atoms. The molecule has 0 bridgehead atoms. The van der Waals surface area contributed by atoms with Gasteiger partial charge in [-0.25, -0.2) is 9.50 Å². The molecule has 4 aromatic heterocycles. The number of fused-ring (bicyclic) bond motifs is 2. The van der Waals surface area contributed by atoms with Gasteiger partial charge in [0.2, 0.25) is 0 Å². The second-order valence-electron chi connectivity index (χ2n) is 5.94. The quantitative estimate of drug-likeness (QED) is 0.587. The van der Waals surface area contributed by atoms with Crippen molar-refractivity contribution in [3.8, 4) is 11.1 Å². The van der Waals surface area contributed by atoms with Gasteiger partial charge >= 0.3 is 0 Å². The number of hydrogen-bond donors (Lipinski definition) is 1. The van der Waals surface area contributed by atoms with Gasteiger partial charge in [-0.05, 0) is 26.8 Å². The summed E-state index contributed by atoms with van der Waals surface area (Å²) >= 11 is 0. The Kier molecular flexibility index (Phi) is 2.72. The van der Waals surface area contributed by atoms with Gasteiger partial charge in [-0.1, -0.05) is 0 Å². The Labute approximate surface area is 132 Å². The monoisotopic (exact) mass is 307 g/mol. The van der Waals surface area contributed by atoms with E-state index in [0.29, 0.717) is 5.52 Å². The van der Waals surface area contributed by atoms with Gasteiger partial charge in [0, 0.05) is 47.7 Å². The molecule has 4 rings (SSSR count). The van der Waals surface area contributed by atoms with E-state index in [9.17, 15) is 4.79 Å². The van der Waals surface area contributed by atoms with Crippen LogP contribution in [0.1, 0.15) is 17.1 Å². The lowest BCUT2D eigenvalue weighted by Crippen LogP contribution is -2.17. The lowest BCUT2D eigenvalue weighted by Gasteiger charge is -2.13. The third kappa shape index (κ3) is 1.84. The number of rotatable bonds is 1. The fourth-order valence-corrected chi connectivity index (χ4v) is 3.27. The van der Waals surface area contributed by atoms with Crippen LogP contribution in [0.5, 0.6) is 0 Å². The molecule has 0 aromatic carbocycles. The lowest BCUT2D eigenvalue weighted by atomic mass is 10.0. The summed E-state index contributed by atoms with van der Waals surface area (Å²) in [5.41, 5.74) is 6.30. The van der Waals surface area contributed by atoms with Crippen LogP contribution < -0.4 is 5.56 Å². The third-order valence-corrected chi connectivity index (χ3v) is 4.30. The van der Waals surface area contributed by atoms with Gasteiger partial charge < -0.3 is 9.55 Å². The molecule has 0 atom stereocenters. The fourth-order valence-electron chi connectivity index (χ4n) is 3.27. The molecular formula is C17H17N5O. The molecule has 116 valence electrons. The molecule has 23 heavy (non-hydrogen) atoms. The minimum absolute atomic E-state index is 0.0342. The molecule has 0 aliphatic heterocycles. The second-order valence-corrected chi connectivity index (χ2v) is 5.94. The molecule has 1 N–H and O–H groups in total. The summed E-state index contributed by atoms with van der Waals surface area (Å²) in [5, 5.41) is 5.43. The molecule has 0 aliphatic rings. The maximum atomic E-state index is 12.3. The zero-order chi connectivity index (χ0) is 16.3. The number of H-pyrrole nitrogens is 1. The number of hydrogen-bond acceptors (Lipinski definition) is 3. The predicted molar refractivity (Wildman–Crippen MR) is 89.7 cm³/mol. The Morgan fingerprint density at radius 3 is 2.78 bits per heavy atom. The van der Waals surface area contributed by atoms with Crippen molar-refractivity contribution >= 4 is 16.6 Å². The van der Waals surface area contributed by atoms with Gasteiger partial charge in [-0.15, -0.1) is 0 Å². The van der Waals surface area contributed by atoms with Crippen LogP contribution in [0, 0.1) is 20.8 Å². The average Bonchev–Trinajstić information content (AvgIpc) is 3.10. The maximum absolute atomic E-state index is 12.3. The minimum Gasteiger partial charge on any atom is -0.357 e. The van der Waals surface area contributed by atoms with Crippen molar-refractivity contribution in [2.75, 3.05) is 0 Å². The van der Waals surface area contributed by atoms with E-state index < -0.39 is 0 Å². The zero-order valence-electron chi connectivity index (χ0n) is 13.5. The Balaban J connectivity index is 2.17. The third-order valence-electron chi connectivity index (χ3n) is 4.30. The van der Waals surface area contributed by atoms with Crippen LogP contribution in [0.25, 0.3) is 27.7 Å². The molecule has 0 unspecified atom stereocenters. The highest BCUT2D eigenvalue weighted by Crippen LogP contribution is 2.31. The van der Waals surface area contributed by atoms with E-state index >= 15 is 0 Å². The normalized spacial score (nSPS) is 11.7. The van der Waals surface area contributed by atoms with Gasteiger partial charge in [0.15, 0.2) is 5.65 Å². The van der Waals surface area contributed by atoms with Crippen molar-refractivity contribution in [3.63, 3.8) is 0 Å². The number of aromatic amines is 1. The summed E-state index contributed by atoms with van der Waals surface area (Å²) in [6.07, 6.45) is 3.67. The molecule has 0 saturated carbocycles. The summed E-state index contributed by atoms with van der Waals surface area (Å²) in [4.78, 5) is 20.0. The molecule has 4 aromatic rings. The first-order valence-corrected chi connectivity index (χ1v) is 7.48. The molecule has 0 saturated heterocycles. The van der Waals surface area contributed by atoms with Crippen LogP contribution in [0.3, 0.4) is 0 Å². The van der Waals surface area contributed by atoms with E-state index in [1.54, 1.807) is 17.8 Å². The van der Waals surface area contributed by atoms with Gasteiger partial charge in [0.1, 0.15) is 5.52 Å². The van der Waals surface area contributed by atoms with Gasteiger partial charge in [0.25, 0.3) is 5.56 Å². The van der Waals surface area contributed by atoms with E-state index in [0.717, 1.165) is 39.2 Å². The maximum Gasteiger partial charge on any atom is 0.274 e. The average molecular weight is 307 g/mol. The van der Waals surface area contributed by atoms with Crippen molar-refractivity contribution in [1.82, 2.24) is 24.1 Å². The SMILES string of the molecule is Cc1cc2nc(C)c(-c3cn(C)c(=O)c4[nH]ccc34)c(C)n2n1. The molecule has 0 aliphatic carbocycles. The van der Waals surface area contributed by atoms with Crippen LogP contribution in [-0.2, 0) is 7.05 Å². The molecule has 0 fully saturated rings. The topological polar surface area (TPSA) is 68.0 Å². The first-order valence-electron chi connectivity index (χ1n) is 7.48. The van der Waals surface area contributed by atoms with Crippen LogP contribution in [0.4, 0.5) is 0 Å². The molecule has 0 radical (unpaired) electrons. The van der Waals surface area contributed by atoms with Gasteiger partial charge in [-0.3, -0.25) is 4.79 Å². The van der Waals surface area contributed by atoms with E-state index in [1.165, 1.54) is 0 Å². The Bertz CT molecular complexity index is 1130. The van der Waals surface area contributed by atoms with E-state index in [2.05, 4.69) is 15.1 Å². The molecular weight excluding hydrogens is 290 g/mol. The number of pyridine rings is 1. The highest BCUT2D eigenvalue weighted by atomic mass is 16.1. The minimum atomic E-state index is -0.0342. The standard InChI is InChI=1S/C17H17N5O/c1-9-7-14-19-10(2)15(11(3)22(14)20-9)13-8-21(4)17(23)16-12(13)5-6-18-16/h5-8,18H,1-4H3. The second kappa shape index (κ2) is 4.55. The summed E-state index contributed by atoms with van der Waals surface area (Å²) in [7, 11) is 1.76. The summed E-state index contributed by atoms with van der Waals surface area (Å²) in [6, 6.07) is 3.90. The van der Waals surface area contributed by atoms with Crippen LogP contribution >= 0.6 is 0 Å². The number of aromatic nitrogens is 5. The molecule has 6 heteroatoms. The predicted octanol–water partition coefficient (Wildman–Crippen LogP) is 2.50. The van der Waals surface area contributed by atoms with E-state index in [1.807, 2.05) is 43.6 Å². The fraction of sp³-hybridized carbons (Fsp3) is 0.235. The highest BCUT2D eigenvalue weighted by Gasteiger charge is 2.17. The van der Waals surface area contributed by atoms with Crippen molar-refractivity contribution in [1.29, 1.82) is 0 Å². The summed E-state index contributed by atoms with van der Waals surface area (Å²) in [6.45, 7) is 5.99. The smallest absolute Gasteiger partial charge is 0.274 e. The first-order chi connectivity index (χ1) is 11.0. The van der Waals surface area contributed by atoms with E-state index in [-0.39, 0.29) is 5.56 Å². The Morgan fingerprint density at radius 2 is 2.00 bits per heavy atom. The largest absolute Gasteiger partial charge is 0.357 e. The Hall–Kier alpha value is -2.89. The molecule has 0 amide bonds.